The first-order valence-corrected chi connectivity index (χ1v) is 6.06. The van der Waals surface area contributed by atoms with Gasteiger partial charge in [0.15, 0.2) is 0 Å². The van der Waals surface area contributed by atoms with E-state index in [1.807, 2.05) is 11.3 Å². The van der Waals surface area contributed by atoms with E-state index in [9.17, 15) is 13.2 Å². The topological polar surface area (TPSA) is 17.3 Å². The molecule has 3 aromatic rings. The van der Waals surface area contributed by atoms with Crippen molar-refractivity contribution in [3.8, 4) is 11.1 Å². The zero-order chi connectivity index (χ0) is 14.3. The molecule has 0 aliphatic rings. The van der Waals surface area contributed by atoms with Crippen LogP contribution in [0.3, 0.4) is 0 Å². The fraction of sp³-hybridized carbons (Fsp3) is 0.133. The number of aromatic nitrogens is 2. The first-order valence-electron chi connectivity index (χ1n) is 6.06. The Morgan fingerprint density at radius 3 is 2.60 bits per heavy atom. The van der Waals surface area contributed by atoms with E-state index in [4.69, 9.17) is 0 Å². The third-order valence-corrected chi connectivity index (χ3v) is 3.21. The van der Waals surface area contributed by atoms with E-state index >= 15 is 0 Å². The maximum atomic E-state index is 12.7. The lowest BCUT2D eigenvalue weighted by atomic mass is 10.0. The summed E-state index contributed by atoms with van der Waals surface area (Å²) in [6.07, 6.45) is -0.802. The van der Waals surface area contributed by atoms with Crippen LogP contribution in [0.4, 0.5) is 13.2 Å². The second-order valence-electron chi connectivity index (χ2n) is 4.62. The number of pyridine rings is 1. The van der Waals surface area contributed by atoms with Gasteiger partial charge in [-0.1, -0.05) is 12.1 Å². The van der Waals surface area contributed by atoms with Crippen LogP contribution in [-0.2, 0) is 6.18 Å². The molecule has 0 atom stereocenters. The molecule has 0 unspecified atom stereocenters. The lowest BCUT2D eigenvalue weighted by Crippen LogP contribution is -2.04. The van der Waals surface area contributed by atoms with Gasteiger partial charge in [0.25, 0.3) is 0 Å². The number of hydrogen-bond donors (Lipinski definition) is 0. The first-order chi connectivity index (χ1) is 9.45. The number of rotatable bonds is 1. The van der Waals surface area contributed by atoms with Crippen LogP contribution in [0.25, 0.3) is 16.8 Å². The van der Waals surface area contributed by atoms with Gasteiger partial charge in [0, 0.05) is 18.1 Å². The lowest BCUT2D eigenvalue weighted by molar-refractivity contribution is -0.137. The summed E-state index contributed by atoms with van der Waals surface area (Å²) < 4.78 is 40.1. The number of benzene rings is 1. The van der Waals surface area contributed by atoms with Crippen molar-refractivity contribution in [2.24, 2.45) is 0 Å². The third-order valence-electron chi connectivity index (χ3n) is 3.21. The van der Waals surface area contributed by atoms with Crippen molar-refractivity contribution in [1.82, 2.24) is 9.38 Å². The SMILES string of the molecule is Cc1cnc2ccc(-c3cccc(C(F)(F)F)c3)cn12. The number of alkyl halides is 3. The van der Waals surface area contributed by atoms with Crippen molar-refractivity contribution in [1.29, 1.82) is 0 Å². The normalized spacial score (nSPS) is 12.0. The average Bonchev–Trinajstić information content (AvgIpc) is 2.79. The second-order valence-corrected chi connectivity index (χ2v) is 4.62. The van der Waals surface area contributed by atoms with Crippen LogP contribution in [0.5, 0.6) is 0 Å². The van der Waals surface area contributed by atoms with Crippen molar-refractivity contribution >= 4 is 5.65 Å². The Hall–Kier alpha value is -2.30. The molecule has 3 rings (SSSR count). The largest absolute Gasteiger partial charge is 0.416 e. The van der Waals surface area contributed by atoms with Gasteiger partial charge in [-0.15, -0.1) is 0 Å². The number of aryl methyl sites for hydroxylation is 1. The third kappa shape index (κ3) is 2.15. The second kappa shape index (κ2) is 4.37. The van der Waals surface area contributed by atoms with Crippen LogP contribution in [0, 0.1) is 6.92 Å². The molecular formula is C15H11F3N2. The van der Waals surface area contributed by atoms with Gasteiger partial charge in [-0.25, -0.2) is 4.98 Å². The molecule has 0 N–H and O–H groups in total. The minimum atomic E-state index is -4.33. The predicted octanol–water partition coefficient (Wildman–Crippen LogP) is 4.33. The van der Waals surface area contributed by atoms with Crippen molar-refractivity contribution < 1.29 is 13.2 Å². The number of imidazole rings is 1. The van der Waals surface area contributed by atoms with Gasteiger partial charge in [-0.2, -0.15) is 13.2 Å². The van der Waals surface area contributed by atoms with Crippen LogP contribution < -0.4 is 0 Å². The van der Waals surface area contributed by atoms with Crippen molar-refractivity contribution in [3.63, 3.8) is 0 Å². The van der Waals surface area contributed by atoms with E-state index in [1.54, 1.807) is 30.6 Å². The minimum absolute atomic E-state index is 0.537. The van der Waals surface area contributed by atoms with E-state index in [1.165, 1.54) is 6.07 Å². The molecule has 2 nitrogen and oxygen atoms in total. The van der Waals surface area contributed by atoms with Crippen LogP contribution in [0.1, 0.15) is 11.3 Å². The smallest absolute Gasteiger partial charge is 0.304 e. The maximum Gasteiger partial charge on any atom is 0.416 e. The minimum Gasteiger partial charge on any atom is -0.304 e. The van der Waals surface area contributed by atoms with Crippen molar-refractivity contribution in [2.75, 3.05) is 0 Å². The van der Waals surface area contributed by atoms with Crippen LogP contribution in [0.2, 0.25) is 0 Å². The van der Waals surface area contributed by atoms with Gasteiger partial charge in [0.05, 0.1) is 5.56 Å². The van der Waals surface area contributed by atoms with Crippen molar-refractivity contribution in [2.45, 2.75) is 13.1 Å². The summed E-state index contributed by atoms with van der Waals surface area (Å²) in [5.74, 6) is 0. The van der Waals surface area contributed by atoms with Gasteiger partial charge in [-0.3, -0.25) is 0 Å². The summed E-state index contributed by atoms with van der Waals surface area (Å²) >= 11 is 0. The Kier molecular flexibility index (Phi) is 2.78. The quantitative estimate of drug-likeness (QED) is 0.646. The predicted molar refractivity (Wildman–Crippen MR) is 70.4 cm³/mol. The Labute approximate surface area is 113 Å². The maximum absolute atomic E-state index is 12.7. The molecule has 20 heavy (non-hydrogen) atoms. The van der Waals surface area contributed by atoms with Crippen LogP contribution >= 0.6 is 0 Å². The van der Waals surface area contributed by atoms with Gasteiger partial charge < -0.3 is 4.40 Å². The Morgan fingerprint density at radius 1 is 1.05 bits per heavy atom. The summed E-state index contributed by atoms with van der Waals surface area (Å²) in [6.45, 7) is 1.90. The average molecular weight is 276 g/mol. The van der Waals surface area contributed by atoms with E-state index < -0.39 is 11.7 Å². The van der Waals surface area contributed by atoms with Gasteiger partial charge in [0.2, 0.25) is 0 Å². The summed E-state index contributed by atoms with van der Waals surface area (Å²) in [4.78, 5) is 4.19. The molecule has 0 radical (unpaired) electrons. The first kappa shape index (κ1) is 12.7. The number of hydrogen-bond acceptors (Lipinski definition) is 1. The molecule has 0 spiro atoms. The zero-order valence-corrected chi connectivity index (χ0v) is 10.6. The fourth-order valence-electron chi connectivity index (χ4n) is 2.15. The monoisotopic (exact) mass is 276 g/mol. The summed E-state index contributed by atoms with van der Waals surface area (Å²) in [6, 6.07) is 8.89. The van der Waals surface area contributed by atoms with Crippen LogP contribution in [-0.4, -0.2) is 9.38 Å². The molecule has 2 heterocycles. The van der Waals surface area contributed by atoms with Gasteiger partial charge >= 0.3 is 6.18 Å². The standard InChI is InChI=1S/C15H11F3N2/c1-10-8-19-14-6-5-12(9-20(10)14)11-3-2-4-13(7-11)15(16,17)18/h2-9H,1H3. The molecule has 102 valence electrons. The molecule has 0 aliphatic heterocycles. The molecule has 0 aliphatic carbocycles. The molecule has 0 saturated carbocycles. The Balaban J connectivity index is 2.13. The van der Waals surface area contributed by atoms with E-state index in [0.29, 0.717) is 5.56 Å². The zero-order valence-electron chi connectivity index (χ0n) is 10.6. The summed E-state index contributed by atoms with van der Waals surface area (Å²) in [5, 5.41) is 0. The highest BCUT2D eigenvalue weighted by Crippen LogP contribution is 2.32. The fourth-order valence-corrected chi connectivity index (χ4v) is 2.15. The Morgan fingerprint density at radius 2 is 1.85 bits per heavy atom. The molecule has 0 amide bonds. The summed E-state index contributed by atoms with van der Waals surface area (Å²) in [7, 11) is 0. The highest BCUT2D eigenvalue weighted by molar-refractivity contribution is 5.65. The lowest BCUT2D eigenvalue weighted by Gasteiger charge is -2.09. The molecule has 5 heteroatoms. The number of nitrogens with zero attached hydrogens (tertiary/aromatic N) is 2. The van der Waals surface area contributed by atoms with E-state index in [2.05, 4.69) is 4.98 Å². The molecule has 1 aromatic carbocycles. The van der Waals surface area contributed by atoms with Crippen molar-refractivity contribution in [3.05, 3.63) is 60.0 Å². The van der Waals surface area contributed by atoms with E-state index in [0.717, 1.165) is 29.0 Å². The van der Waals surface area contributed by atoms with E-state index in [-0.39, 0.29) is 0 Å². The Bertz CT molecular complexity index is 772. The molecule has 0 bridgehead atoms. The van der Waals surface area contributed by atoms with Crippen LogP contribution in [0.15, 0.2) is 48.8 Å². The van der Waals surface area contributed by atoms with Gasteiger partial charge in [-0.05, 0) is 42.3 Å². The highest BCUT2D eigenvalue weighted by Gasteiger charge is 2.30. The molecule has 0 saturated heterocycles. The number of halogens is 3. The summed E-state index contributed by atoms with van der Waals surface area (Å²) in [5.41, 5.74) is 2.34. The highest BCUT2D eigenvalue weighted by atomic mass is 19.4. The number of fused-ring (bicyclic) bond motifs is 1. The molecular weight excluding hydrogens is 265 g/mol. The van der Waals surface area contributed by atoms with Gasteiger partial charge in [0.1, 0.15) is 5.65 Å². The molecule has 2 aromatic heterocycles. The molecule has 0 fully saturated rings.